The van der Waals surface area contributed by atoms with Gasteiger partial charge in [0.2, 0.25) is 0 Å². The molecule has 0 amide bonds. The molecule has 1 aromatic heterocycles. The van der Waals surface area contributed by atoms with Gasteiger partial charge in [-0.25, -0.2) is 4.98 Å². The zero-order valence-electron chi connectivity index (χ0n) is 21.7. The molecule has 0 aliphatic heterocycles. The molecule has 0 fully saturated rings. The first-order valence-corrected chi connectivity index (χ1v) is 13.1. The highest BCUT2D eigenvalue weighted by molar-refractivity contribution is 5.99. The lowest BCUT2D eigenvalue weighted by atomic mass is 9.85. The van der Waals surface area contributed by atoms with E-state index in [9.17, 15) is 4.79 Å². The average molecular weight is 495 g/mol. The Bertz CT molecular complexity index is 1370. The Morgan fingerprint density at radius 3 is 2.59 bits per heavy atom. The predicted octanol–water partition coefficient (Wildman–Crippen LogP) is 6.17. The zero-order chi connectivity index (χ0) is 25.6. The molecular weight excluding hydrogens is 460 g/mol. The van der Waals surface area contributed by atoms with Crippen LogP contribution in [-0.2, 0) is 32.2 Å². The fraction of sp³-hybridized carbons (Fsp3) is 0.312. The van der Waals surface area contributed by atoms with Crippen LogP contribution in [0, 0.1) is 6.92 Å². The summed E-state index contributed by atoms with van der Waals surface area (Å²) in [4.78, 5) is 17.0. The van der Waals surface area contributed by atoms with Crippen LogP contribution in [-0.4, -0.2) is 29.1 Å². The Balaban J connectivity index is 1.29. The minimum atomic E-state index is 0.255. The van der Waals surface area contributed by atoms with E-state index >= 15 is 0 Å². The number of nitrogens with zero attached hydrogens (tertiary/aromatic N) is 2. The van der Waals surface area contributed by atoms with E-state index < -0.39 is 0 Å². The summed E-state index contributed by atoms with van der Waals surface area (Å²) in [5.74, 6) is 2.06. The Hall–Kier alpha value is -3.86. The van der Waals surface area contributed by atoms with Crippen molar-refractivity contribution < 1.29 is 14.3 Å². The lowest BCUT2D eigenvalue weighted by Crippen LogP contribution is -2.16. The van der Waals surface area contributed by atoms with Crippen LogP contribution >= 0.6 is 0 Å². The summed E-state index contributed by atoms with van der Waals surface area (Å²) in [7, 11) is 1.70. The number of aryl methyl sites for hydroxylation is 2. The zero-order valence-corrected chi connectivity index (χ0v) is 21.7. The molecule has 0 saturated carbocycles. The standard InChI is InChI=1S/C32H34N2O3/c1-23-19-25(12-15-31(23)36-2)20-26-21-33-22-34(26)17-18-37-32-16-14-28-27(9-6-10-30(28)35)29(32)13-11-24-7-4-3-5-8-24/h3-5,7-8,12,14-16,19,21-22H,6,9-11,13,17-18,20H2,1-2H3. The molecule has 1 heterocycles. The van der Waals surface area contributed by atoms with E-state index in [1.807, 2.05) is 36.8 Å². The lowest BCUT2D eigenvalue weighted by Gasteiger charge is -2.22. The van der Waals surface area contributed by atoms with Crippen LogP contribution in [0.1, 0.15) is 56.7 Å². The van der Waals surface area contributed by atoms with Crippen LogP contribution < -0.4 is 9.47 Å². The molecule has 3 aromatic carbocycles. The van der Waals surface area contributed by atoms with Crippen molar-refractivity contribution in [3.05, 3.63) is 112 Å². The molecule has 4 aromatic rings. The summed E-state index contributed by atoms with van der Waals surface area (Å²) in [6, 6.07) is 20.8. The van der Waals surface area contributed by atoms with E-state index in [0.29, 0.717) is 19.6 Å². The molecule has 0 atom stereocenters. The van der Waals surface area contributed by atoms with Crippen LogP contribution in [0.25, 0.3) is 0 Å². The summed E-state index contributed by atoms with van der Waals surface area (Å²) in [6.07, 6.45) is 8.88. The molecule has 5 rings (SSSR count). The SMILES string of the molecule is COc1ccc(Cc2cncn2CCOc2ccc3c(c2CCc2ccccc2)CCCC3=O)cc1C. The van der Waals surface area contributed by atoms with Crippen molar-refractivity contribution in [3.63, 3.8) is 0 Å². The number of carbonyl (C=O) groups excluding carboxylic acids is 1. The van der Waals surface area contributed by atoms with Gasteiger partial charge in [-0.05, 0) is 78.6 Å². The number of benzene rings is 3. The Morgan fingerprint density at radius 2 is 1.78 bits per heavy atom. The highest BCUT2D eigenvalue weighted by Crippen LogP contribution is 2.32. The molecular formula is C32H34N2O3. The van der Waals surface area contributed by atoms with Crippen molar-refractivity contribution >= 4 is 5.78 Å². The largest absolute Gasteiger partial charge is 0.496 e. The third-order valence-electron chi connectivity index (χ3n) is 7.26. The second-order valence-corrected chi connectivity index (χ2v) is 9.74. The van der Waals surface area contributed by atoms with Crippen molar-refractivity contribution in [1.82, 2.24) is 9.55 Å². The second-order valence-electron chi connectivity index (χ2n) is 9.74. The van der Waals surface area contributed by atoms with Gasteiger partial charge in [-0.15, -0.1) is 0 Å². The summed E-state index contributed by atoms with van der Waals surface area (Å²) in [5, 5.41) is 0. The number of imidazole rings is 1. The number of aromatic nitrogens is 2. The topological polar surface area (TPSA) is 53.4 Å². The van der Waals surface area contributed by atoms with E-state index in [1.54, 1.807) is 7.11 Å². The minimum absolute atomic E-state index is 0.255. The van der Waals surface area contributed by atoms with E-state index in [4.69, 9.17) is 9.47 Å². The second kappa shape index (κ2) is 11.5. The number of ketones is 1. The quantitative estimate of drug-likeness (QED) is 0.264. The van der Waals surface area contributed by atoms with Crippen molar-refractivity contribution in [3.8, 4) is 11.5 Å². The molecule has 37 heavy (non-hydrogen) atoms. The Morgan fingerprint density at radius 1 is 0.946 bits per heavy atom. The number of carbonyl (C=O) groups is 1. The number of Topliss-reactive ketones (excluding diaryl/α,β-unsaturated/α-hetero) is 1. The van der Waals surface area contributed by atoms with Gasteiger partial charge in [0.1, 0.15) is 18.1 Å². The highest BCUT2D eigenvalue weighted by Gasteiger charge is 2.22. The van der Waals surface area contributed by atoms with Crippen molar-refractivity contribution in [2.45, 2.75) is 52.0 Å². The number of hydrogen-bond acceptors (Lipinski definition) is 4. The monoisotopic (exact) mass is 494 g/mol. The first-order chi connectivity index (χ1) is 18.1. The molecule has 190 valence electrons. The normalized spacial score (nSPS) is 12.9. The lowest BCUT2D eigenvalue weighted by molar-refractivity contribution is 0.0972. The van der Waals surface area contributed by atoms with Crippen molar-refractivity contribution in [1.29, 1.82) is 0 Å². The van der Waals surface area contributed by atoms with Gasteiger partial charge in [0.15, 0.2) is 5.78 Å². The summed E-state index contributed by atoms with van der Waals surface area (Å²) >= 11 is 0. The molecule has 5 nitrogen and oxygen atoms in total. The molecule has 1 aliphatic rings. The molecule has 0 bridgehead atoms. The molecule has 0 unspecified atom stereocenters. The minimum Gasteiger partial charge on any atom is -0.496 e. The van der Waals surface area contributed by atoms with Gasteiger partial charge in [-0.3, -0.25) is 4.79 Å². The fourth-order valence-electron chi connectivity index (χ4n) is 5.31. The summed E-state index contributed by atoms with van der Waals surface area (Å²) in [5.41, 5.74) is 8.05. The maximum atomic E-state index is 12.6. The molecule has 0 radical (unpaired) electrons. The van der Waals surface area contributed by atoms with Gasteiger partial charge < -0.3 is 14.0 Å². The smallest absolute Gasteiger partial charge is 0.163 e. The van der Waals surface area contributed by atoms with Gasteiger partial charge in [-0.2, -0.15) is 0 Å². The molecule has 1 aliphatic carbocycles. The van der Waals surface area contributed by atoms with E-state index in [2.05, 4.69) is 52.9 Å². The summed E-state index contributed by atoms with van der Waals surface area (Å²) < 4.78 is 13.9. The first-order valence-electron chi connectivity index (χ1n) is 13.1. The van der Waals surface area contributed by atoms with Gasteiger partial charge in [0, 0.05) is 30.3 Å². The van der Waals surface area contributed by atoms with Crippen LogP contribution in [0.3, 0.4) is 0 Å². The number of ether oxygens (including phenoxy) is 2. The van der Waals surface area contributed by atoms with Crippen molar-refractivity contribution in [2.24, 2.45) is 0 Å². The number of hydrogen-bond donors (Lipinski definition) is 0. The average Bonchev–Trinajstić information content (AvgIpc) is 3.35. The fourth-order valence-corrected chi connectivity index (χ4v) is 5.31. The first kappa shape index (κ1) is 24.8. The van der Waals surface area contributed by atoms with E-state index in [1.165, 1.54) is 22.3 Å². The molecule has 0 N–H and O–H groups in total. The maximum absolute atomic E-state index is 12.6. The molecule has 0 spiro atoms. The molecule has 5 heteroatoms. The van der Waals surface area contributed by atoms with Gasteiger partial charge in [0.25, 0.3) is 0 Å². The number of methoxy groups -OCH3 is 1. The van der Waals surface area contributed by atoms with Crippen molar-refractivity contribution in [2.75, 3.05) is 13.7 Å². The maximum Gasteiger partial charge on any atom is 0.163 e. The van der Waals surface area contributed by atoms with Gasteiger partial charge in [-0.1, -0.05) is 42.5 Å². The number of fused-ring (bicyclic) bond motifs is 1. The van der Waals surface area contributed by atoms with Crippen LogP contribution in [0.15, 0.2) is 73.2 Å². The Labute approximate surface area is 219 Å². The molecule has 0 saturated heterocycles. The summed E-state index contributed by atoms with van der Waals surface area (Å²) in [6.45, 7) is 3.31. The van der Waals surface area contributed by atoms with Gasteiger partial charge >= 0.3 is 0 Å². The third kappa shape index (κ3) is 5.77. The van der Waals surface area contributed by atoms with Gasteiger partial charge in [0.05, 0.1) is 20.0 Å². The van der Waals surface area contributed by atoms with Crippen LogP contribution in [0.5, 0.6) is 11.5 Å². The highest BCUT2D eigenvalue weighted by atomic mass is 16.5. The number of rotatable bonds is 10. The Kier molecular flexibility index (Phi) is 7.69. The van der Waals surface area contributed by atoms with E-state index in [0.717, 1.165) is 60.4 Å². The third-order valence-corrected chi connectivity index (χ3v) is 7.26. The van der Waals surface area contributed by atoms with Crippen LogP contribution in [0.2, 0.25) is 0 Å². The van der Waals surface area contributed by atoms with E-state index in [-0.39, 0.29) is 5.78 Å². The van der Waals surface area contributed by atoms with Crippen LogP contribution in [0.4, 0.5) is 0 Å². The predicted molar refractivity (Wildman–Crippen MR) is 146 cm³/mol.